The number of likely N-dealkylation sites (tertiary alicyclic amines) is 1. The van der Waals surface area contributed by atoms with Crippen LogP contribution in [0.1, 0.15) is 40.5 Å². The van der Waals surface area contributed by atoms with Crippen molar-refractivity contribution < 1.29 is 18.7 Å². The average molecular weight is 419 g/mol. The van der Waals surface area contributed by atoms with Gasteiger partial charge in [-0.25, -0.2) is 9.97 Å². The lowest BCUT2D eigenvalue weighted by molar-refractivity contribution is -0.0970. The van der Waals surface area contributed by atoms with E-state index in [1.54, 1.807) is 13.2 Å². The molecule has 31 heavy (non-hydrogen) atoms. The number of carbonyl (C=O) groups excluding carboxylic acids is 1. The minimum Gasteiger partial charge on any atom is -0.497 e. The number of hydrogen-bond donors (Lipinski definition) is 0. The van der Waals surface area contributed by atoms with Crippen molar-refractivity contribution in [3.05, 3.63) is 65.4 Å². The first-order valence-electron chi connectivity index (χ1n) is 10.6. The van der Waals surface area contributed by atoms with Crippen LogP contribution in [0.25, 0.3) is 11.3 Å². The van der Waals surface area contributed by atoms with E-state index in [0.29, 0.717) is 44.1 Å². The number of aromatic nitrogens is 2. The van der Waals surface area contributed by atoms with Crippen LogP contribution in [-0.2, 0) is 16.8 Å². The van der Waals surface area contributed by atoms with Crippen molar-refractivity contribution >= 4 is 5.91 Å². The van der Waals surface area contributed by atoms with Gasteiger partial charge in [-0.1, -0.05) is 0 Å². The Kier molecular flexibility index (Phi) is 4.98. The van der Waals surface area contributed by atoms with Gasteiger partial charge in [-0.2, -0.15) is 0 Å². The molecule has 0 unspecified atom stereocenters. The summed E-state index contributed by atoms with van der Waals surface area (Å²) in [5.74, 6) is 2.45. The molecule has 1 spiro atoms. The second-order valence-corrected chi connectivity index (χ2v) is 8.07. The molecule has 7 nitrogen and oxygen atoms in total. The van der Waals surface area contributed by atoms with Crippen molar-refractivity contribution in [2.24, 2.45) is 0 Å². The molecule has 2 aliphatic heterocycles. The Balaban J connectivity index is 1.30. The number of amides is 1. The molecule has 5 rings (SSSR count). The van der Waals surface area contributed by atoms with Gasteiger partial charge in [0.15, 0.2) is 5.76 Å². The number of nitrogens with zero attached hydrogens (tertiary/aromatic N) is 3. The van der Waals surface area contributed by atoms with Crippen molar-refractivity contribution in [3.63, 3.8) is 0 Å². The van der Waals surface area contributed by atoms with Gasteiger partial charge in [-0.15, -0.1) is 0 Å². The highest BCUT2D eigenvalue weighted by atomic mass is 16.5. The molecule has 0 bridgehead atoms. The zero-order valence-corrected chi connectivity index (χ0v) is 17.8. The van der Waals surface area contributed by atoms with Gasteiger partial charge in [0, 0.05) is 24.8 Å². The third-order valence-electron chi connectivity index (χ3n) is 6.22. The number of benzene rings is 1. The lowest BCUT2D eigenvalue weighted by Gasteiger charge is -2.43. The Morgan fingerprint density at radius 3 is 2.65 bits per heavy atom. The van der Waals surface area contributed by atoms with Crippen molar-refractivity contribution in [3.8, 4) is 17.1 Å². The minimum absolute atomic E-state index is 0.0930. The SMILES string of the molecule is COc1ccc(-c2ccc(C(=O)N3CCC4(CC3)OCCc3cnc(C)nc34)o2)cc1. The van der Waals surface area contributed by atoms with E-state index in [9.17, 15) is 4.79 Å². The van der Waals surface area contributed by atoms with Crippen molar-refractivity contribution in [1.29, 1.82) is 0 Å². The summed E-state index contributed by atoms with van der Waals surface area (Å²) < 4.78 is 17.3. The zero-order chi connectivity index (χ0) is 21.4. The van der Waals surface area contributed by atoms with E-state index in [1.165, 1.54) is 0 Å². The Labute approximate surface area is 181 Å². The Morgan fingerprint density at radius 2 is 1.90 bits per heavy atom. The standard InChI is InChI=1S/C24H25N3O4/c1-16-25-15-18-9-14-30-24(22(18)26-16)10-12-27(13-11-24)23(28)21-8-7-20(31-21)17-3-5-19(29-2)6-4-17/h3-8,15H,9-14H2,1-2H3. The van der Waals surface area contributed by atoms with Crippen molar-refractivity contribution in [1.82, 2.24) is 14.9 Å². The average Bonchev–Trinajstić information content (AvgIpc) is 3.30. The largest absolute Gasteiger partial charge is 0.497 e. The zero-order valence-electron chi connectivity index (χ0n) is 17.8. The molecule has 2 aromatic heterocycles. The number of hydrogen-bond acceptors (Lipinski definition) is 6. The van der Waals surface area contributed by atoms with Crippen LogP contribution >= 0.6 is 0 Å². The molecule has 4 heterocycles. The molecular formula is C24H25N3O4. The van der Waals surface area contributed by atoms with Gasteiger partial charge in [0.2, 0.25) is 0 Å². The lowest BCUT2D eigenvalue weighted by atomic mass is 9.83. The first-order valence-corrected chi connectivity index (χ1v) is 10.6. The van der Waals surface area contributed by atoms with Gasteiger partial charge in [0.1, 0.15) is 22.9 Å². The maximum Gasteiger partial charge on any atom is 0.289 e. The topological polar surface area (TPSA) is 77.7 Å². The van der Waals surface area contributed by atoms with E-state index >= 15 is 0 Å². The summed E-state index contributed by atoms with van der Waals surface area (Å²) in [6.07, 6.45) is 4.19. The highest BCUT2D eigenvalue weighted by molar-refractivity contribution is 5.92. The van der Waals surface area contributed by atoms with Crippen LogP contribution in [0.2, 0.25) is 0 Å². The summed E-state index contributed by atoms with van der Waals surface area (Å²) in [6, 6.07) is 11.2. The number of fused-ring (bicyclic) bond motifs is 2. The summed E-state index contributed by atoms with van der Waals surface area (Å²) in [5, 5.41) is 0. The fourth-order valence-electron chi connectivity index (χ4n) is 4.47. The Hall–Kier alpha value is -3.19. The maximum absolute atomic E-state index is 13.1. The molecule has 7 heteroatoms. The van der Waals surface area contributed by atoms with Crippen LogP contribution in [0.3, 0.4) is 0 Å². The first-order chi connectivity index (χ1) is 15.1. The molecular weight excluding hydrogens is 394 g/mol. The van der Waals surface area contributed by atoms with E-state index < -0.39 is 5.60 Å². The smallest absolute Gasteiger partial charge is 0.289 e. The van der Waals surface area contributed by atoms with Gasteiger partial charge in [-0.3, -0.25) is 4.79 Å². The number of piperidine rings is 1. The molecule has 0 aliphatic carbocycles. The molecule has 0 N–H and O–H groups in total. The van der Waals surface area contributed by atoms with Gasteiger partial charge < -0.3 is 18.8 Å². The normalized spacial score (nSPS) is 17.4. The molecule has 0 atom stereocenters. The third-order valence-corrected chi connectivity index (χ3v) is 6.22. The molecule has 0 radical (unpaired) electrons. The van der Waals surface area contributed by atoms with Crippen LogP contribution in [-0.4, -0.2) is 47.6 Å². The minimum atomic E-state index is -0.421. The number of methoxy groups -OCH3 is 1. The van der Waals surface area contributed by atoms with Gasteiger partial charge in [0.25, 0.3) is 5.91 Å². The molecule has 1 saturated heterocycles. The fourth-order valence-corrected chi connectivity index (χ4v) is 4.47. The van der Waals surface area contributed by atoms with E-state index in [4.69, 9.17) is 18.9 Å². The van der Waals surface area contributed by atoms with Gasteiger partial charge in [0.05, 0.1) is 19.4 Å². The molecule has 2 aliphatic rings. The van der Waals surface area contributed by atoms with Crippen molar-refractivity contribution in [2.75, 3.05) is 26.8 Å². The van der Waals surface area contributed by atoms with Crippen molar-refractivity contribution in [2.45, 2.75) is 31.8 Å². The van der Waals surface area contributed by atoms with E-state index in [1.807, 2.05) is 48.4 Å². The number of carbonyl (C=O) groups is 1. The summed E-state index contributed by atoms with van der Waals surface area (Å²) in [4.78, 5) is 23.9. The number of rotatable bonds is 3. The number of aryl methyl sites for hydroxylation is 1. The molecule has 1 fully saturated rings. The van der Waals surface area contributed by atoms with Gasteiger partial charge >= 0.3 is 0 Å². The van der Waals surface area contributed by atoms with Crippen LogP contribution in [0, 0.1) is 6.92 Å². The van der Waals surface area contributed by atoms with Crippen LogP contribution < -0.4 is 4.74 Å². The van der Waals surface area contributed by atoms with Gasteiger partial charge in [-0.05, 0) is 68.1 Å². The van der Waals surface area contributed by atoms with Crippen LogP contribution in [0.15, 0.2) is 47.0 Å². The molecule has 3 aromatic rings. The molecule has 1 aromatic carbocycles. The predicted octanol–water partition coefficient (Wildman–Crippen LogP) is 3.76. The summed E-state index contributed by atoms with van der Waals surface area (Å²) in [7, 11) is 1.63. The maximum atomic E-state index is 13.1. The molecule has 160 valence electrons. The second kappa shape index (κ2) is 7.81. The van der Waals surface area contributed by atoms with E-state index in [0.717, 1.165) is 34.8 Å². The predicted molar refractivity (Wildman–Crippen MR) is 114 cm³/mol. The Bertz CT molecular complexity index is 1100. The second-order valence-electron chi connectivity index (χ2n) is 8.07. The third kappa shape index (κ3) is 3.59. The molecule has 0 saturated carbocycles. The summed E-state index contributed by atoms with van der Waals surface area (Å²) in [5.41, 5.74) is 2.64. The van der Waals surface area contributed by atoms with Crippen LogP contribution in [0.4, 0.5) is 0 Å². The fraction of sp³-hybridized carbons (Fsp3) is 0.375. The Morgan fingerprint density at radius 1 is 1.13 bits per heavy atom. The monoisotopic (exact) mass is 419 g/mol. The quantitative estimate of drug-likeness (QED) is 0.643. The lowest BCUT2D eigenvalue weighted by Crippen LogP contribution is -2.49. The highest BCUT2D eigenvalue weighted by Gasteiger charge is 2.43. The number of ether oxygens (including phenoxy) is 2. The number of furan rings is 1. The van der Waals surface area contributed by atoms with E-state index in [-0.39, 0.29) is 5.91 Å². The van der Waals surface area contributed by atoms with Crippen LogP contribution in [0.5, 0.6) is 5.75 Å². The summed E-state index contributed by atoms with van der Waals surface area (Å²) >= 11 is 0. The highest BCUT2D eigenvalue weighted by Crippen LogP contribution is 2.40. The molecule has 1 amide bonds. The summed E-state index contributed by atoms with van der Waals surface area (Å²) in [6.45, 7) is 3.76. The van der Waals surface area contributed by atoms with E-state index in [2.05, 4.69) is 4.98 Å². The first kappa shape index (κ1) is 19.8.